The molecule has 1 aliphatic rings. The molecular weight excluding hydrogens is 348 g/mol. The minimum absolute atomic E-state index is 0.117. The molecule has 1 aromatic heterocycles. The van der Waals surface area contributed by atoms with Gasteiger partial charge in [-0.2, -0.15) is 22.9 Å². The number of hydrogen-bond donors (Lipinski definition) is 0. The Morgan fingerprint density at radius 1 is 1.19 bits per heavy atom. The molecule has 0 saturated carbocycles. The minimum atomic E-state index is -4.50. The molecule has 2 heterocycles. The molecule has 0 spiro atoms. The van der Waals surface area contributed by atoms with Crippen LogP contribution in [-0.4, -0.2) is 32.5 Å². The van der Waals surface area contributed by atoms with Crippen molar-refractivity contribution in [2.75, 3.05) is 5.75 Å². The van der Waals surface area contributed by atoms with Crippen LogP contribution in [0, 0.1) is 0 Å². The molecule has 1 aromatic carbocycles. The van der Waals surface area contributed by atoms with Gasteiger partial charge in [-0.15, -0.1) is 10.2 Å². The van der Waals surface area contributed by atoms with E-state index in [1.807, 2.05) is 0 Å². The topological polar surface area (TPSA) is 43.1 Å². The summed E-state index contributed by atoms with van der Waals surface area (Å²) in [6, 6.07) is 4.78. The number of benzene rings is 1. The van der Waals surface area contributed by atoms with E-state index in [4.69, 9.17) is 23.2 Å². The van der Waals surface area contributed by atoms with Crippen LogP contribution < -0.4 is 0 Å². The molecule has 0 bridgehead atoms. The highest BCUT2D eigenvalue weighted by Crippen LogP contribution is 2.36. The van der Waals surface area contributed by atoms with Gasteiger partial charge in [0.05, 0.1) is 15.8 Å². The molecule has 0 amide bonds. The van der Waals surface area contributed by atoms with Gasteiger partial charge in [-0.1, -0.05) is 41.0 Å². The zero-order valence-corrected chi connectivity index (χ0v) is 12.4. The number of aromatic nitrogens is 3. The molecule has 0 aliphatic carbocycles. The molecule has 3 rings (SSSR count). The van der Waals surface area contributed by atoms with Crippen LogP contribution in [0.5, 0.6) is 0 Å². The van der Waals surface area contributed by atoms with Gasteiger partial charge in [0.2, 0.25) is 5.16 Å². The van der Waals surface area contributed by atoms with E-state index in [2.05, 4.69) is 15.3 Å². The summed E-state index contributed by atoms with van der Waals surface area (Å²) in [6.07, 6.45) is -4.50. The SMILES string of the molecule is FC(F)(F)C1=Nn2c(nnc2-c2cccc(Cl)c2Cl)SC1. The van der Waals surface area contributed by atoms with Crippen LogP contribution in [0.1, 0.15) is 0 Å². The lowest BCUT2D eigenvalue weighted by Crippen LogP contribution is -2.28. The smallest absolute Gasteiger partial charge is 0.186 e. The normalized spacial score (nSPS) is 14.8. The van der Waals surface area contributed by atoms with Crippen molar-refractivity contribution in [3.63, 3.8) is 0 Å². The predicted octanol–water partition coefficient (Wildman–Crippen LogP) is 4.12. The molecular formula is C11H5Cl2F3N4S. The molecule has 0 fully saturated rings. The van der Waals surface area contributed by atoms with E-state index in [0.717, 1.165) is 16.4 Å². The van der Waals surface area contributed by atoms with E-state index in [9.17, 15) is 13.2 Å². The van der Waals surface area contributed by atoms with Gasteiger partial charge >= 0.3 is 6.18 Å². The molecule has 10 heteroatoms. The number of rotatable bonds is 1. The standard InChI is InChI=1S/C11H5Cl2F3N4S/c12-6-3-1-2-5(8(6)13)9-17-18-10-20(9)19-7(4-21-10)11(14,15)16/h1-3H,4H2. The van der Waals surface area contributed by atoms with Crippen molar-refractivity contribution in [2.24, 2.45) is 5.10 Å². The van der Waals surface area contributed by atoms with Crippen LogP contribution in [-0.2, 0) is 0 Å². The van der Waals surface area contributed by atoms with Gasteiger partial charge in [-0.3, -0.25) is 0 Å². The Morgan fingerprint density at radius 2 is 1.95 bits per heavy atom. The highest BCUT2D eigenvalue weighted by atomic mass is 35.5. The molecule has 0 radical (unpaired) electrons. The van der Waals surface area contributed by atoms with Crippen LogP contribution in [0.3, 0.4) is 0 Å². The summed E-state index contributed by atoms with van der Waals surface area (Å²) in [5.74, 6) is -0.184. The average molecular weight is 353 g/mol. The van der Waals surface area contributed by atoms with Gasteiger partial charge in [0.1, 0.15) is 0 Å². The third-order valence-electron chi connectivity index (χ3n) is 2.69. The number of thioether (sulfide) groups is 1. The summed E-state index contributed by atoms with van der Waals surface area (Å²) in [4.78, 5) is 0. The molecule has 2 aromatic rings. The monoisotopic (exact) mass is 352 g/mol. The van der Waals surface area contributed by atoms with Crippen LogP contribution in [0.4, 0.5) is 13.2 Å². The van der Waals surface area contributed by atoms with Crippen molar-refractivity contribution >= 4 is 40.7 Å². The van der Waals surface area contributed by atoms with Gasteiger partial charge < -0.3 is 0 Å². The first-order valence-corrected chi connectivity index (χ1v) is 7.29. The first-order valence-electron chi connectivity index (χ1n) is 5.55. The van der Waals surface area contributed by atoms with Gasteiger partial charge in [0.25, 0.3) is 0 Å². The fourth-order valence-electron chi connectivity index (χ4n) is 1.71. The zero-order valence-electron chi connectivity index (χ0n) is 10.0. The molecule has 110 valence electrons. The van der Waals surface area contributed by atoms with Crippen molar-refractivity contribution in [1.82, 2.24) is 14.9 Å². The molecule has 1 aliphatic heterocycles. The van der Waals surface area contributed by atoms with E-state index >= 15 is 0 Å². The molecule has 4 nitrogen and oxygen atoms in total. The third kappa shape index (κ3) is 2.63. The van der Waals surface area contributed by atoms with Gasteiger partial charge in [-0.05, 0) is 12.1 Å². The molecule has 0 saturated heterocycles. The summed E-state index contributed by atoms with van der Waals surface area (Å²) in [5.41, 5.74) is -0.533. The number of halogens is 5. The maximum atomic E-state index is 12.8. The minimum Gasteiger partial charge on any atom is -0.186 e. The van der Waals surface area contributed by atoms with E-state index in [-0.39, 0.29) is 26.8 Å². The highest BCUT2D eigenvalue weighted by molar-refractivity contribution is 7.99. The Labute approximate surface area is 130 Å². The van der Waals surface area contributed by atoms with Gasteiger partial charge in [0.15, 0.2) is 11.5 Å². The third-order valence-corrected chi connectivity index (χ3v) is 4.44. The average Bonchev–Trinajstić information content (AvgIpc) is 2.84. The molecule has 0 atom stereocenters. The van der Waals surface area contributed by atoms with Crippen LogP contribution in [0.2, 0.25) is 10.0 Å². The lowest BCUT2D eigenvalue weighted by molar-refractivity contribution is -0.0595. The maximum absolute atomic E-state index is 12.8. The van der Waals surface area contributed by atoms with Gasteiger partial charge in [0, 0.05) is 5.56 Å². The second-order valence-corrected chi connectivity index (χ2v) is 5.78. The second-order valence-electron chi connectivity index (χ2n) is 4.05. The van der Waals surface area contributed by atoms with Crippen LogP contribution in [0.15, 0.2) is 28.5 Å². The van der Waals surface area contributed by atoms with Crippen molar-refractivity contribution in [1.29, 1.82) is 0 Å². The molecule has 0 unspecified atom stereocenters. The molecule has 0 N–H and O–H groups in total. The number of nitrogens with zero attached hydrogens (tertiary/aromatic N) is 4. The summed E-state index contributed by atoms with van der Waals surface area (Å²) in [6.45, 7) is 0. The zero-order chi connectivity index (χ0) is 15.2. The Morgan fingerprint density at radius 3 is 2.67 bits per heavy atom. The maximum Gasteiger partial charge on any atom is 0.432 e. The fraction of sp³-hybridized carbons (Fsp3) is 0.182. The Kier molecular flexibility index (Phi) is 3.62. The van der Waals surface area contributed by atoms with E-state index in [1.165, 1.54) is 0 Å². The van der Waals surface area contributed by atoms with Crippen LogP contribution >= 0.6 is 35.0 Å². The van der Waals surface area contributed by atoms with Crippen molar-refractivity contribution in [3.05, 3.63) is 28.2 Å². The van der Waals surface area contributed by atoms with Crippen molar-refractivity contribution < 1.29 is 13.2 Å². The first-order chi connectivity index (χ1) is 9.88. The molecule has 21 heavy (non-hydrogen) atoms. The Balaban J connectivity index is 2.15. The summed E-state index contributed by atoms with van der Waals surface area (Å²) < 4.78 is 39.4. The lowest BCUT2D eigenvalue weighted by Gasteiger charge is -2.15. The number of fused-ring (bicyclic) bond motifs is 1. The number of hydrogen-bond acceptors (Lipinski definition) is 4. The van der Waals surface area contributed by atoms with E-state index in [1.54, 1.807) is 18.2 Å². The Hall–Kier alpha value is -1.25. The quantitative estimate of drug-likeness (QED) is 0.775. The van der Waals surface area contributed by atoms with Crippen molar-refractivity contribution in [2.45, 2.75) is 11.3 Å². The predicted molar refractivity (Wildman–Crippen MR) is 75.1 cm³/mol. The van der Waals surface area contributed by atoms with Crippen LogP contribution in [0.25, 0.3) is 11.4 Å². The number of alkyl halides is 3. The first kappa shape index (κ1) is 14.7. The Bertz CT molecular complexity index is 742. The second kappa shape index (κ2) is 5.19. The summed E-state index contributed by atoms with van der Waals surface area (Å²) in [7, 11) is 0. The highest BCUT2D eigenvalue weighted by Gasteiger charge is 2.38. The summed E-state index contributed by atoms with van der Waals surface area (Å²) in [5, 5.41) is 12.0. The van der Waals surface area contributed by atoms with E-state index in [0.29, 0.717) is 5.56 Å². The van der Waals surface area contributed by atoms with Gasteiger partial charge in [-0.25, -0.2) is 0 Å². The van der Waals surface area contributed by atoms with Crippen molar-refractivity contribution in [3.8, 4) is 11.4 Å². The largest absolute Gasteiger partial charge is 0.432 e. The fourth-order valence-corrected chi connectivity index (χ4v) is 2.93. The van der Waals surface area contributed by atoms with E-state index < -0.39 is 11.9 Å². The lowest BCUT2D eigenvalue weighted by atomic mass is 10.2. The summed E-state index contributed by atoms with van der Waals surface area (Å²) >= 11 is 12.9.